The molecule has 10 heavy (non-hydrogen) atoms. The molecule has 0 saturated heterocycles. The molecule has 0 radical (unpaired) electrons. The van der Waals surface area contributed by atoms with E-state index in [0.717, 1.165) is 0 Å². The average molecular weight is 161 g/mol. The first-order chi connectivity index (χ1) is 4.72. The molecule has 1 unspecified atom stereocenters. The van der Waals surface area contributed by atoms with E-state index in [1.807, 2.05) is 0 Å². The van der Waals surface area contributed by atoms with Crippen LogP contribution in [0.4, 0.5) is 4.39 Å². The molecular formula is C6H6FO2S-. The summed E-state index contributed by atoms with van der Waals surface area (Å²) in [5.74, 6) is -0.532. The fraction of sp³-hybridized carbons (Fsp3) is 0.333. The van der Waals surface area contributed by atoms with Gasteiger partial charge in [0.1, 0.15) is 5.83 Å². The molecule has 1 aliphatic carbocycles. The van der Waals surface area contributed by atoms with Crippen LogP contribution in [0, 0.1) is 0 Å². The monoisotopic (exact) mass is 161 g/mol. The molecule has 0 amide bonds. The topological polar surface area (TPSA) is 40.1 Å². The number of hydrogen-bond acceptors (Lipinski definition) is 2. The van der Waals surface area contributed by atoms with Crippen molar-refractivity contribution in [3.8, 4) is 0 Å². The van der Waals surface area contributed by atoms with Crippen LogP contribution in [-0.2, 0) is 11.1 Å². The normalized spacial score (nSPS) is 21.4. The third-order valence-corrected chi connectivity index (χ3v) is 1.96. The predicted molar refractivity (Wildman–Crippen MR) is 35.4 cm³/mol. The number of allylic oxidation sites excluding steroid dienone is 3. The van der Waals surface area contributed by atoms with Crippen molar-refractivity contribution in [1.29, 1.82) is 0 Å². The molecule has 0 bridgehead atoms. The summed E-state index contributed by atoms with van der Waals surface area (Å²) < 4.78 is 33.0. The Bertz CT molecular complexity index is 220. The SMILES string of the molecule is O=S([O-])C1=C(F)CCC=C1. The van der Waals surface area contributed by atoms with Gasteiger partial charge >= 0.3 is 0 Å². The predicted octanol–water partition coefficient (Wildman–Crippen LogP) is 1.40. The zero-order valence-electron chi connectivity index (χ0n) is 5.17. The van der Waals surface area contributed by atoms with E-state index in [0.29, 0.717) is 6.42 Å². The molecule has 0 spiro atoms. The van der Waals surface area contributed by atoms with E-state index >= 15 is 0 Å². The highest BCUT2D eigenvalue weighted by Gasteiger charge is 2.06. The van der Waals surface area contributed by atoms with Gasteiger partial charge in [-0.15, -0.1) is 0 Å². The van der Waals surface area contributed by atoms with Crippen molar-refractivity contribution >= 4 is 11.1 Å². The first kappa shape index (κ1) is 7.63. The van der Waals surface area contributed by atoms with Crippen LogP contribution in [0.5, 0.6) is 0 Å². The van der Waals surface area contributed by atoms with Crippen molar-refractivity contribution in [3.05, 3.63) is 22.9 Å². The summed E-state index contributed by atoms with van der Waals surface area (Å²) in [6.07, 6.45) is 3.74. The Hall–Kier alpha value is -0.480. The lowest BCUT2D eigenvalue weighted by Gasteiger charge is -2.10. The van der Waals surface area contributed by atoms with Crippen LogP contribution in [0.1, 0.15) is 12.8 Å². The van der Waals surface area contributed by atoms with E-state index in [2.05, 4.69) is 0 Å². The van der Waals surface area contributed by atoms with Crippen LogP contribution >= 0.6 is 0 Å². The molecule has 1 rings (SSSR count). The van der Waals surface area contributed by atoms with Crippen molar-refractivity contribution < 1.29 is 13.2 Å². The van der Waals surface area contributed by atoms with Crippen LogP contribution in [0.25, 0.3) is 0 Å². The van der Waals surface area contributed by atoms with Gasteiger partial charge in [-0.1, -0.05) is 6.08 Å². The van der Waals surface area contributed by atoms with E-state index in [1.54, 1.807) is 6.08 Å². The van der Waals surface area contributed by atoms with Gasteiger partial charge in [-0.2, -0.15) is 0 Å². The van der Waals surface area contributed by atoms with E-state index in [1.165, 1.54) is 6.08 Å². The van der Waals surface area contributed by atoms with Crippen LogP contribution in [-0.4, -0.2) is 8.76 Å². The number of rotatable bonds is 1. The van der Waals surface area contributed by atoms with E-state index in [9.17, 15) is 13.2 Å². The second-order valence-electron chi connectivity index (χ2n) is 1.94. The molecule has 1 atom stereocenters. The average Bonchev–Trinajstić information content (AvgIpc) is 1.88. The lowest BCUT2D eigenvalue weighted by molar-refractivity contribution is 0.536. The molecule has 1 aliphatic rings. The first-order valence-electron chi connectivity index (χ1n) is 2.86. The van der Waals surface area contributed by atoms with Gasteiger partial charge in [0.05, 0.1) is 4.91 Å². The van der Waals surface area contributed by atoms with E-state index in [4.69, 9.17) is 0 Å². The molecule has 0 saturated carbocycles. The van der Waals surface area contributed by atoms with Crippen molar-refractivity contribution in [1.82, 2.24) is 0 Å². The van der Waals surface area contributed by atoms with Gasteiger partial charge in [0.25, 0.3) is 0 Å². The van der Waals surface area contributed by atoms with E-state index in [-0.39, 0.29) is 11.3 Å². The van der Waals surface area contributed by atoms with Gasteiger partial charge in [0, 0.05) is 6.42 Å². The zero-order valence-corrected chi connectivity index (χ0v) is 5.99. The second kappa shape index (κ2) is 3.07. The molecule has 0 N–H and O–H groups in total. The molecule has 0 aromatic rings. The minimum Gasteiger partial charge on any atom is -0.768 e. The third-order valence-electron chi connectivity index (χ3n) is 1.25. The standard InChI is InChI=1S/C6H7FO2S/c7-5-3-1-2-4-6(5)10(8)9/h2,4H,1,3H2,(H,8,9)/p-1. The highest BCUT2D eigenvalue weighted by atomic mass is 32.2. The summed E-state index contributed by atoms with van der Waals surface area (Å²) >= 11 is -2.41. The largest absolute Gasteiger partial charge is 0.768 e. The molecule has 56 valence electrons. The van der Waals surface area contributed by atoms with Gasteiger partial charge in [-0.25, -0.2) is 4.39 Å². The maximum atomic E-state index is 12.5. The quantitative estimate of drug-likeness (QED) is 0.545. The molecule has 2 nitrogen and oxygen atoms in total. The van der Waals surface area contributed by atoms with Crippen LogP contribution in [0.2, 0.25) is 0 Å². The maximum Gasteiger partial charge on any atom is 0.115 e. The Labute approximate surface area is 60.7 Å². The smallest absolute Gasteiger partial charge is 0.115 e. The summed E-state index contributed by atoms with van der Waals surface area (Å²) in [7, 11) is 0. The van der Waals surface area contributed by atoms with Crippen molar-refractivity contribution in [2.45, 2.75) is 12.8 Å². The van der Waals surface area contributed by atoms with Crippen LogP contribution in [0.15, 0.2) is 22.9 Å². The Kier molecular flexibility index (Phi) is 2.34. The Balaban J connectivity index is 2.90. The van der Waals surface area contributed by atoms with Crippen molar-refractivity contribution in [2.24, 2.45) is 0 Å². The zero-order chi connectivity index (χ0) is 7.56. The van der Waals surface area contributed by atoms with Crippen molar-refractivity contribution in [3.63, 3.8) is 0 Å². The summed E-state index contributed by atoms with van der Waals surface area (Å²) in [6.45, 7) is 0. The van der Waals surface area contributed by atoms with Gasteiger partial charge in [0.2, 0.25) is 0 Å². The third kappa shape index (κ3) is 1.52. The lowest BCUT2D eigenvalue weighted by atomic mass is 10.2. The second-order valence-corrected chi connectivity index (χ2v) is 2.85. The molecule has 0 fully saturated rings. The summed E-state index contributed by atoms with van der Waals surface area (Å²) in [4.78, 5) is -0.203. The minimum atomic E-state index is -2.41. The van der Waals surface area contributed by atoms with Crippen LogP contribution < -0.4 is 0 Å². The van der Waals surface area contributed by atoms with Gasteiger partial charge in [-0.05, 0) is 23.6 Å². The Morgan fingerprint density at radius 2 is 2.40 bits per heavy atom. The lowest BCUT2D eigenvalue weighted by Crippen LogP contribution is -1.96. The molecule has 0 aliphatic heterocycles. The molecule has 0 aromatic carbocycles. The summed E-state index contributed by atoms with van der Waals surface area (Å²) in [6, 6.07) is 0. The van der Waals surface area contributed by atoms with Crippen molar-refractivity contribution in [2.75, 3.05) is 0 Å². The number of halogens is 1. The highest BCUT2D eigenvalue weighted by Crippen LogP contribution is 2.21. The van der Waals surface area contributed by atoms with Gasteiger partial charge in [0.15, 0.2) is 0 Å². The fourth-order valence-electron chi connectivity index (χ4n) is 0.760. The molecule has 4 heteroatoms. The van der Waals surface area contributed by atoms with Gasteiger partial charge in [-0.3, -0.25) is 4.21 Å². The summed E-state index contributed by atoms with van der Waals surface area (Å²) in [5.41, 5.74) is 0. The highest BCUT2D eigenvalue weighted by molar-refractivity contribution is 7.83. The Morgan fingerprint density at radius 3 is 2.80 bits per heavy atom. The molecular weight excluding hydrogens is 155 g/mol. The van der Waals surface area contributed by atoms with Gasteiger partial charge < -0.3 is 4.55 Å². The maximum absolute atomic E-state index is 12.5. The fourth-order valence-corrected chi connectivity index (χ4v) is 1.25. The molecule has 0 aromatic heterocycles. The van der Waals surface area contributed by atoms with E-state index < -0.39 is 16.9 Å². The Morgan fingerprint density at radius 1 is 1.70 bits per heavy atom. The molecule has 0 heterocycles. The summed E-state index contributed by atoms with van der Waals surface area (Å²) in [5, 5.41) is 0. The first-order valence-corrected chi connectivity index (χ1v) is 3.94. The number of hydrogen-bond donors (Lipinski definition) is 0. The van der Waals surface area contributed by atoms with Crippen LogP contribution in [0.3, 0.4) is 0 Å². The minimum absolute atomic E-state index is 0.203.